The predicted octanol–water partition coefficient (Wildman–Crippen LogP) is 0.723. The van der Waals surface area contributed by atoms with Crippen molar-refractivity contribution in [1.29, 1.82) is 0 Å². The number of ketones is 2. The van der Waals surface area contributed by atoms with Crippen molar-refractivity contribution in [2.45, 2.75) is 6.42 Å². The molecule has 2 aliphatic rings. The lowest BCUT2D eigenvalue weighted by Gasteiger charge is -2.00. The third-order valence-corrected chi connectivity index (χ3v) is 2.46. The molecule has 14 heavy (non-hydrogen) atoms. The van der Waals surface area contributed by atoms with Crippen molar-refractivity contribution in [3.8, 4) is 11.5 Å². The van der Waals surface area contributed by atoms with E-state index in [-0.39, 0.29) is 19.0 Å². The number of ether oxygens (including phenoxy) is 2. The van der Waals surface area contributed by atoms with Gasteiger partial charge >= 0.3 is 0 Å². The first-order valence-electron chi connectivity index (χ1n) is 4.26. The number of carbonyl (C=O) groups is 2. The molecule has 0 amide bonds. The van der Waals surface area contributed by atoms with Crippen LogP contribution in [0.2, 0.25) is 0 Å². The van der Waals surface area contributed by atoms with Gasteiger partial charge in [0.1, 0.15) is 0 Å². The van der Waals surface area contributed by atoms with Crippen LogP contribution < -0.4 is 9.47 Å². The van der Waals surface area contributed by atoms with E-state index in [1.807, 2.05) is 0 Å². The number of hydrogen-bond donors (Lipinski definition) is 0. The first-order chi connectivity index (χ1) is 6.77. The zero-order chi connectivity index (χ0) is 9.71. The van der Waals surface area contributed by atoms with Gasteiger partial charge in [-0.25, -0.2) is 0 Å². The Morgan fingerprint density at radius 2 is 2.00 bits per heavy atom. The van der Waals surface area contributed by atoms with Gasteiger partial charge in [-0.1, -0.05) is 6.07 Å². The maximum Gasteiger partial charge on any atom is 0.233 e. The molecular formula is C10H6O4. The van der Waals surface area contributed by atoms with E-state index in [1.165, 1.54) is 0 Å². The van der Waals surface area contributed by atoms with Crippen LogP contribution in [-0.2, 0) is 11.2 Å². The van der Waals surface area contributed by atoms with Gasteiger partial charge < -0.3 is 9.47 Å². The molecule has 70 valence electrons. The number of fused-ring (bicyclic) bond motifs is 3. The number of Topliss-reactive ketones (excluding diaryl/α,β-unsaturated/α-hetero) is 2. The zero-order valence-electron chi connectivity index (χ0n) is 7.20. The Kier molecular flexibility index (Phi) is 1.27. The van der Waals surface area contributed by atoms with Crippen molar-refractivity contribution >= 4 is 11.6 Å². The molecule has 4 heteroatoms. The van der Waals surface area contributed by atoms with Crippen LogP contribution in [0.5, 0.6) is 11.5 Å². The minimum absolute atomic E-state index is 0.118. The van der Waals surface area contributed by atoms with Crippen molar-refractivity contribution in [2.75, 3.05) is 6.79 Å². The van der Waals surface area contributed by atoms with Crippen LogP contribution in [0.3, 0.4) is 0 Å². The molecule has 0 bridgehead atoms. The highest BCUT2D eigenvalue weighted by atomic mass is 16.7. The van der Waals surface area contributed by atoms with Crippen LogP contribution in [0.1, 0.15) is 15.9 Å². The van der Waals surface area contributed by atoms with Gasteiger partial charge in [0.05, 0.1) is 5.56 Å². The van der Waals surface area contributed by atoms with Gasteiger partial charge in [0.2, 0.25) is 18.4 Å². The minimum Gasteiger partial charge on any atom is -0.454 e. The van der Waals surface area contributed by atoms with E-state index in [0.29, 0.717) is 17.1 Å². The molecule has 0 aromatic heterocycles. The molecular weight excluding hydrogens is 184 g/mol. The molecule has 0 spiro atoms. The second kappa shape index (κ2) is 2.35. The second-order valence-electron chi connectivity index (χ2n) is 3.26. The molecule has 4 nitrogen and oxygen atoms in total. The average Bonchev–Trinajstić information content (AvgIpc) is 2.72. The van der Waals surface area contributed by atoms with Crippen LogP contribution in [-0.4, -0.2) is 18.4 Å². The maximum absolute atomic E-state index is 11.5. The molecule has 0 fully saturated rings. The summed E-state index contributed by atoms with van der Waals surface area (Å²) in [6, 6.07) is 3.47. The summed E-state index contributed by atoms with van der Waals surface area (Å²) in [7, 11) is 0. The summed E-state index contributed by atoms with van der Waals surface area (Å²) in [5.41, 5.74) is 1.13. The number of benzene rings is 1. The molecule has 1 aromatic carbocycles. The lowest BCUT2D eigenvalue weighted by atomic mass is 10.1. The van der Waals surface area contributed by atoms with Gasteiger partial charge in [0.25, 0.3) is 0 Å². The van der Waals surface area contributed by atoms with Crippen LogP contribution in [0.15, 0.2) is 12.1 Å². The fourth-order valence-corrected chi connectivity index (χ4v) is 1.80. The summed E-state index contributed by atoms with van der Waals surface area (Å²) in [5.74, 6) is 0.149. The summed E-state index contributed by atoms with van der Waals surface area (Å²) in [6.07, 6.45) is 0.185. The lowest BCUT2D eigenvalue weighted by Crippen LogP contribution is -2.06. The van der Waals surface area contributed by atoms with Gasteiger partial charge in [-0.3, -0.25) is 9.59 Å². The molecule has 0 unspecified atom stereocenters. The molecule has 3 rings (SSSR count). The van der Waals surface area contributed by atoms with E-state index in [9.17, 15) is 9.59 Å². The first-order valence-corrected chi connectivity index (χ1v) is 4.26. The Labute approximate surface area is 79.4 Å². The third-order valence-electron chi connectivity index (χ3n) is 2.46. The Hall–Kier alpha value is -1.84. The number of carbonyl (C=O) groups excluding carboxylic acids is 2. The van der Waals surface area contributed by atoms with Crippen LogP contribution >= 0.6 is 0 Å². The molecule has 1 aliphatic heterocycles. The minimum atomic E-state index is -0.456. The summed E-state index contributed by atoms with van der Waals surface area (Å²) in [6.45, 7) is 0.118. The summed E-state index contributed by atoms with van der Waals surface area (Å²) in [4.78, 5) is 22.7. The highest BCUT2D eigenvalue weighted by molar-refractivity contribution is 6.48. The summed E-state index contributed by atoms with van der Waals surface area (Å²) < 4.78 is 10.3. The van der Waals surface area contributed by atoms with Crippen molar-refractivity contribution in [1.82, 2.24) is 0 Å². The van der Waals surface area contributed by atoms with Crippen LogP contribution in [0, 0.1) is 0 Å². The lowest BCUT2D eigenvalue weighted by molar-refractivity contribution is -0.114. The maximum atomic E-state index is 11.5. The Morgan fingerprint density at radius 1 is 1.14 bits per heavy atom. The van der Waals surface area contributed by atoms with Crippen molar-refractivity contribution in [3.63, 3.8) is 0 Å². The van der Waals surface area contributed by atoms with Gasteiger partial charge in [0.15, 0.2) is 11.5 Å². The van der Waals surface area contributed by atoms with Crippen molar-refractivity contribution in [3.05, 3.63) is 23.3 Å². The van der Waals surface area contributed by atoms with E-state index in [0.717, 1.165) is 5.56 Å². The molecule has 1 heterocycles. The topological polar surface area (TPSA) is 52.6 Å². The Balaban J connectivity index is 2.29. The molecule has 0 saturated heterocycles. The predicted molar refractivity (Wildman–Crippen MR) is 45.6 cm³/mol. The van der Waals surface area contributed by atoms with Crippen molar-refractivity contribution in [2.24, 2.45) is 0 Å². The fourth-order valence-electron chi connectivity index (χ4n) is 1.80. The standard InChI is InChI=1S/C10H6O4/c11-6-3-5-1-2-7-10(14-4-13-7)8(5)9(6)12/h1-2H,3-4H2. The summed E-state index contributed by atoms with van der Waals surface area (Å²) in [5, 5.41) is 0. The van der Waals surface area contributed by atoms with Gasteiger partial charge in [-0.15, -0.1) is 0 Å². The molecule has 1 aromatic rings. The summed E-state index contributed by atoms with van der Waals surface area (Å²) >= 11 is 0. The smallest absolute Gasteiger partial charge is 0.233 e. The van der Waals surface area contributed by atoms with E-state index in [1.54, 1.807) is 12.1 Å². The zero-order valence-corrected chi connectivity index (χ0v) is 7.20. The largest absolute Gasteiger partial charge is 0.454 e. The molecule has 0 atom stereocenters. The molecule has 1 aliphatic carbocycles. The van der Waals surface area contributed by atoms with Gasteiger partial charge in [-0.05, 0) is 11.6 Å². The average molecular weight is 190 g/mol. The fraction of sp³-hybridized carbons (Fsp3) is 0.200. The van der Waals surface area contributed by atoms with Gasteiger partial charge in [-0.2, -0.15) is 0 Å². The van der Waals surface area contributed by atoms with Gasteiger partial charge in [0, 0.05) is 6.42 Å². The molecule has 0 saturated carbocycles. The van der Waals surface area contributed by atoms with E-state index < -0.39 is 5.78 Å². The van der Waals surface area contributed by atoms with E-state index in [4.69, 9.17) is 9.47 Å². The van der Waals surface area contributed by atoms with E-state index in [2.05, 4.69) is 0 Å². The Morgan fingerprint density at radius 3 is 2.86 bits per heavy atom. The highest BCUT2D eigenvalue weighted by Gasteiger charge is 2.34. The third kappa shape index (κ3) is 0.775. The van der Waals surface area contributed by atoms with Crippen LogP contribution in [0.4, 0.5) is 0 Å². The van der Waals surface area contributed by atoms with Crippen LogP contribution in [0.25, 0.3) is 0 Å². The SMILES string of the molecule is O=C1Cc2ccc3c(c2C1=O)OCO3. The number of rotatable bonds is 0. The number of hydrogen-bond acceptors (Lipinski definition) is 4. The Bertz CT molecular complexity index is 461. The quantitative estimate of drug-likeness (QED) is 0.566. The van der Waals surface area contributed by atoms with Crippen molar-refractivity contribution < 1.29 is 19.1 Å². The normalized spacial score (nSPS) is 17.4. The first kappa shape index (κ1) is 7.55. The monoisotopic (exact) mass is 190 g/mol. The molecule has 0 N–H and O–H groups in total. The molecule has 0 radical (unpaired) electrons. The van der Waals surface area contributed by atoms with E-state index >= 15 is 0 Å². The second-order valence-corrected chi connectivity index (χ2v) is 3.26. The highest BCUT2D eigenvalue weighted by Crippen LogP contribution is 2.40.